The molecule has 0 fully saturated rings. The van der Waals surface area contributed by atoms with Crippen LogP contribution in [0, 0.1) is 0 Å². The molecule has 0 rings (SSSR count). The fourth-order valence-corrected chi connectivity index (χ4v) is 1.10. The largest absolute Gasteiger partial charge is 0.480 e. The van der Waals surface area contributed by atoms with Crippen molar-refractivity contribution in [1.82, 2.24) is 0 Å². The summed E-state index contributed by atoms with van der Waals surface area (Å²) >= 11 is 0. The van der Waals surface area contributed by atoms with Gasteiger partial charge in [0, 0.05) is 12.8 Å². The van der Waals surface area contributed by atoms with Crippen molar-refractivity contribution < 1.29 is 39.0 Å². The molecule has 0 aliphatic rings. The van der Waals surface area contributed by atoms with E-state index in [1.165, 1.54) is 0 Å². The molecule has 24 heavy (non-hydrogen) atoms. The minimum absolute atomic E-state index is 0.0302. The van der Waals surface area contributed by atoms with Gasteiger partial charge in [0.05, 0.1) is 0 Å². The molecule has 0 saturated carbocycles. The lowest BCUT2D eigenvalue weighted by atomic mass is 10.1. The van der Waals surface area contributed by atoms with E-state index in [0.29, 0.717) is 12.4 Å². The molecule has 12 heteroatoms. The minimum Gasteiger partial charge on any atom is -0.480 e. The summed E-state index contributed by atoms with van der Waals surface area (Å²) < 4.78 is 0. The van der Waals surface area contributed by atoms with Gasteiger partial charge >= 0.3 is 24.4 Å². The van der Waals surface area contributed by atoms with Gasteiger partial charge in [0.1, 0.15) is 12.1 Å². The fraction of sp³-hybridized carbons (Fsp3) is 0.500. The van der Waals surface area contributed by atoms with E-state index in [0.717, 1.165) is 0 Å². The zero-order chi connectivity index (χ0) is 19.1. The monoisotopic (exact) mass is 342 g/mol. The third-order valence-corrected chi connectivity index (χ3v) is 2.44. The Morgan fingerprint density at radius 1 is 0.833 bits per heavy atom. The summed E-state index contributed by atoms with van der Waals surface area (Å²) in [5, 5.41) is 16.6. The Labute approximate surface area is 136 Å². The van der Waals surface area contributed by atoms with E-state index in [2.05, 4.69) is 9.58 Å². The number of carbonyl (C=O) groups excluding carboxylic acids is 2. The summed E-state index contributed by atoms with van der Waals surface area (Å²) in [5.74, 6) is -3.20. The van der Waals surface area contributed by atoms with Gasteiger partial charge in [-0.05, 0) is 12.8 Å². The molecule has 0 bridgehead atoms. The Bertz CT molecular complexity index is 514. The zero-order valence-electron chi connectivity index (χ0n) is 12.6. The predicted molar refractivity (Wildman–Crippen MR) is 79.1 cm³/mol. The first-order valence-electron chi connectivity index (χ1n) is 6.53. The zero-order valence-corrected chi connectivity index (χ0v) is 12.6. The van der Waals surface area contributed by atoms with Gasteiger partial charge in [-0.3, -0.25) is 19.2 Å². The van der Waals surface area contributed by atoms with Crippen LogP contribution in [0.1, 0.15) is 25.7 Å². The Hall–Kier alpha value is -3.04. The van der Waals surface area contributed by atoms with Gasteiger partial charge in [-0.15, -0.1) is 0 Å². The topological polar surface area (TPSA) is 234 Å². The molecular weight excluding hydrogens is 324 g/mol. The summed E-state index contributed by atoms with van der Waals surface area (Å²) in [6, 6.07) is -2.08. The first-order valence-corrected chi connectivity index (χ1v) is 6.53. The quantitative estimate of drug-likeness (QED) is 0.198. The lowest BCUT2D eigenvalue weighted by Crippen LogP contribution is -2.30. The minimum atomic E-state index is -1.15. The number of carboxylic acid groups (broad SMARTS) is 2. The maximum absolute atomic E-state index is 10.6. The van der Waals surface area contributed by atoms with Crippen LogP contribution in [-0.2, 0) is 19.2 Å². The van der Waals surface area contributed by atoms with E-state index in [9.17, 15) is 19.2 Å². The van der Waals surface area contributed by atoms with Crippen LogP contribution in [0.15, 0.2) is 0 Å². The highest BCUT2D eigenvalue weighted by atomic mass is 16.4. The molecule has 12 nitrogen and oxygen atoms in total. The lowest BCUT2D eigenvalue weighted by molar-refractivity contribution is -0.139. The number of carboxylic acids is 2. The Morgan fingerprint density at radius 2 is 1.12 bits per heavy atom. The SMILES string of the molecule is [N-]=[N+]=CC(=O)CC[C@@H](N)C(=O)O.[N-]=[N+]=CC(=O)CC[C@H](N)C(=O)O. The van der Waals surface area contributed by atoms with Crippen molar-refractivity contribution in [2.45, 2.75) is 37.8 Å². The smallest absolute Gasteiger partial charge is 0.323 e. The molecule has 0 aliphatic carbocycles. The van der Waals surface area contributed by atoms with Crippen LogP contribution >= 0.6 is 0 Å². The van der Waals surface area contributed by atoms with E-state index >= 15 is 0 Å². The highest BCUT2D eigenvalue weighted by molar-refractivity contribution is 6.25. The van der Waals surface area contributed by atoms with Crippen molar-refractivity contribution in [3.8, 4) is 0 Å². The number of nitrogens with two attached hydrogens (primary N) is 2. The summed E-state index contributed by atoms with van der Waals surface area (Å²) in [6.45, 7) is 0. The summed E-state index contributed by atoms with van der Waals surface area (Å²) in [4.78, 5) is 46.5. The number of hydrogen-bond acceptors (Lipinski definition) is 6. The van der Waals surface area contributed by atoms with E-state index in [-0.39, 0.29) is 25.7 Å². The second-order valence-corrected chi connectivity index (χ2v) is 4.39. The van der Waals surface area contributed by atoms with Crippen molar-refractivity contribution in [3.63, 3.8) is 0 Å². The molecule has 0 aromatic heterocycles. The molecule has 0 radical (unpaired) electrons. The Morgan fingerprint density at radius 3 is 1.33 bits per heavy atom. The van der Waals surface area contributed by atoms with Gasteiger partial charge in [-0.2, -0.15) is 9.58 Å². The molecule has 0 aromatic carbocycles. The van der Waals surface area contributed by atoms with Gasteiger partial charge in [-0.1, -0.05) is 0 Å². The number of hydrogen-bond donors (Lipinski definition) is 4. The van der Waals surface area contributed by atoms with Gasteiger partial charge in [0.2, 0.25) is 11.6 Å². The number of nitrogens with zero attached hydrogens (tertiary/aromatic N) is 4. The van der Waals surface area contributed by atoms with Crippen LogP contribution in [0.4, 0.5) is 0 Å². The number of rotatable bonds is 10. The average Bonchev–Trinajstić information content (AvgIpc) is 2.51. The lowest BCUT2D eigenvalue weighted by Gasteiger charge is -2.01. The van der Waals surface area contributed by atoms with Gasteiger partial charge in [-0.25, -0.2) is 0 Å². The number of aliphatic carboxylic acids is 2. The molecule has 0 amide bonds. The maximum Gasteiger partial charge on any atom is 0.323 e. The molecule has 0 spiro atoms. The van der Waals surface area contributed by atoms with E-state index < -0.39 is 35.6 Å². The van der Waals surface area contributed by atoms with E-state index in [1.54, 1.807) is 0 Å². The van der Waals surface area contributed by atoms with Gasteiger partial charge in [0.15, 0.2) is 0 Å². The van der Waals surface area contributed by atoms with Crippen LogP contribution in [0.2, 0.25) is 0 Å². The molecule has 0 heterocycles. The average molecular weight is 342 g/mol. The van der Waals surface area contributed by atoms with Gasteiger partial charge < -0.3 is 32.7 Å². The maximum atomic E-state index is 10.6. The van der Waals surface area contributed by atoms with Crippen LogP contribution in [0.3, 0.4) is 0 Å². The van der Waals surface area contributed by atoms with Crippen molar-refractivity contribution in [2.75, 3.05) is 0 Å². The number of ketones is 2. The van der Waals surface area contributed by atoms with Gasteiger partial charge in [0.25, 0.3) is 0 Å². The molecule has 6 N–H and O–H groups in total. The van der Waals surface area contributed by atoms with Crippen molar-refractivity contribution in [2.24, 2.45) is 11.5 Å². The second-order valence-electron chi connectivity index (χ2n) is 4.39. The predicted octanol–water partition coefficient (Wildman–Crippen LogP) is -1.90. The molecule has 0 aliphatic heterocycles. The van der Waals surface area contributed by atoms with E-state index in [1.807, 2.05) is 0 Å². The number of Topliss-reactive ketones (excluding diaryl/α,β-unsaturated/α-hetero) is 2. The normalized spacial score (nSPS) is 11.4. The molecule has 0 aromatic rings. The van der Waals surface area contributed by atoms with Crippen molar-refractivity contribution >= 4 is 35.9 Å². The Kier molecular flexibility index (Phi) is 13.2. The van der Waals surface area contributed by atoms with Crippen LogP contribution in [-0.4, -0.2) is 67.8 Å². The molecular formula is C12H18N6O6. The number of carbonyl (C=O) groups is 4. The third-order valence-electron chi connectivity index (χ3n) is 2.44. The third kappa shape index (κ3) is 13.9. The molecule has 132 valence electrons. The summed E-state index contributed by atoms with van der Waals surface area (Å²) in [7, 11) is 0. The van der Waals surface area contributed by atoms with Crippen LogP contribution < -0.4 is 11.5 Å². The molecule has 0 unspecified atom stereocenters. The standard InChI is InChI=1S/2C6H9N3O3/c2*7-5(6(11)12)2-1-4(10)3-9-8/h2*3,5H,1-2,7H2,(H,11,12)/t2*5-/m10/s1. The summed E-state index contributed by atoms with van der Waals surface area (Å²) in [5.41, 5.74) is 26.0. The van der Waals surface area contributed by atoms with Crippen LogP contribution in [0.25, 0.3) is 11.1 Å². The highest BCUT2D eigenvalue weighted by Gasteiger charge is 2.14. The first-order chi connectivity index (χ1) is 11.1. The molecule has 2 atom stereocenters. The van der Waals surface area contributed by atoms with Crippen molar-refractivity contribution in [1.29, 1.82) is 0 Å². The van der Waals surface area contributed by atoms with Crippen LogP contribution in [0.5, 0.6) is 0 Å². The highest BCUT2D eigenvalue weighted by Crippen LogP contribution is 1.94. The fourth-order valence-electron chi connectivity index (χ4n) is 1.10. The van der Waals surface area contributed by atoms with Crippen molar-refractivity contribution in [3.05, 3.63) is 11.1 Å². The second kappa shape index (κ2) is 13.6. The molecule has 0 saturated heterocycles. The first kappa shape index (κ1) is 23.2. The Balaban J connectivity index is 0. The van der Waals surface area contributed by atoms with E-state index in [4.69, 9.17) is 32.7 Å². The summed E-state index contributed by atoms with van der Waals surface area (Å²) in [6.07, 6.45) is 1.46.